The normalized spacial score (nSPS) is 12.7. The van der Waals surface area contributed by atoms with Crippen LogP contribution in [-0.2, 0) is 5.41 Å². The number of hydrogen-bond acceptors (Lipinski definition) is 1. The fourth-order valence-corrected chi connectivity index (χ4v) is 1.43. The second-order valence-electron chi connectivity index (χ2n) is 3.93. The van der Waals surface area contributed by atoms with Gasteiger partial charge >= 0.3 is 0 Å². The third kappa shape index (κ3) is 2.28. The van der Waals surface area contributed by atoms with Crippen molar-refractivity contribution in [1.82, 2.24) is 4.98 Å². The molecule has 0 amide bonds. The first-order valence-electron chi connectivity index (χ1n) is 4.18. The summed E-state index contributed by atoms with van der Waals surface area (Å²) in [5, 5.41) is 1.34. The SMILES string of the molecule is CPc1ccc(C(C)(C)C)nc1. The zero-order valence-corrected chi connectivity index (χ0v) is 9.18. The topological polar surface area (TPSA) is 12.9 Å². The molecule has 1 nitrogen and oxygen atoms in total. The molecule has 0 N–H and O–H groups in total. The molecule has 0 saturated carbocycles. The molecule has 1 rings (SSSR count). The maximum Gasteiger partial charge on any atom is 0.0457 e. The van der Waals surface area contributed by atoms with Gasteiger partial charge in [0.05, 0.1) is 0 Å². The lowest BCUT2D eigenvalue weighted by Crippen LogP contribution is -2.14. The van der Waals surface area contributed by atoms with Crippen LogP contribution in [0.2, 0.25) is 0 Å². The summed E-state index contributed by atoms with van der Waals surface area (Å²) in [7, 11) is 0.847. The van der Waals surface area contributed by atoms with Crippen LogP contribution in [0.3, 0.4) is 0 Å². The van der Waals surface area contributed by atoms with Crippen LogP contribution in [-0.4, -0.2) is 11.6 Å². The highest BCUT2D eigenvalue weighted by Gasteiger charge is 2.14. The van der Waals surface area contributed by atoms with Gasteiger partial charge < -0.3 is 0 Å². The van der Waals surface area contributed by atoms with Gasteiger partial charge in [0.2, 0.25) is 0 Å². The summed E-state index contributed by atoms with van der Waals surface area (Å²) in [6.07, 6.45) is 1.99. The first-order chi connectivity index (χ1) is 5.54. The second-order valence-corrected chi connectivity index (χ2v) is 5.01. The van der Waals surface area contributed by atoms with Gasteiger partial charge in [0, 0.05) is 17.3 Å². The highest BCUT2D eigenvalue weighted by Crippen LogP contribution is 2.19. The third-order valence-electron chi connectivity index (χ3n) is 1.82. The van der Waals surface area contributed by atoms with Crippen molar-refractivity contribution in [2.45, 2.75) is 26.2 Å². The minimum Gasteiger partial charge on any atom is -0.260 e. The summed E-state index contributed by atoms with van der Waals surface area (Å²) in [4.78, 5) is 4.43. The van der Waals surface area contributed by atoms with Crippen molar-refractivity contribution in [1.29, 1.82) is 0 Å². The van der Waals surface area contributed by atoms with E-state index in [1.54, 1.807) is 0 Å². The highest BCUT2D eigenvalue weighted by atomic mass is 31.1. The highest BCUT2D eigenvalue weighted by molar-refractivity contribution is 7.46. The first kappa shape index (κ1) is 9.67. The van der Waals surface area contributed by atoms with E-state index in [9.17, 15) is 0 Å². The Morgan fingerprint density at radius 3 is 2.25 bits per heavy atom. The van der Waals surface area contributed by atoms with Crippen molar-refractivity contribution >= 4 is 13.9 Å². The van der Waals surface area contributed by atoms with Crippen molar-refractivity contribution < 1.29 is 0 Å². The van der Waals surface area contributed by atoms with E-state index in [0.717, 1.165) is 8.58 Å². The molecule has 0 aliphatic rings. The minimum absolute atomic E-state index is 0.176. The van der Waals surface area contributed by atoms with Gasteiger partial charge in [-0.2, -0.15) is 0 Å². The van der Waals surface area contributed by atoms with E-state index in [0.29, 0.717) is 0 Å². The zero-order valence-electron chi connectivity index (χ0n) is 8.18. The predicted molar refractivity (Wildman–Crippen MR) is 56.8 cm³/mol. The van der Waals surface area contributed by atoms with Crippen LogP contribution in [0, 0.1) is 0 Å². The molecular weight excluding hydrogens is 165 g/mol. The van der Waals surface area contributed by atoms with Gasteiger partial charge in [0.15, 0.2) is 0 Å². The van der Waals surface area contributed by atoms with E-state index in [-0.39, 0.29) is 5.41 Å². The van der Waals surface area contributed by atoms with Crippen LogP contribution in [0.15, 0.2) is 18.3 Å². The quantitative estimate of drug-likeness (QED) is 0.606. The smallest absolute Gasteiger partial charge is 0.0457 e. The van der Waals surface area contributed by atoms with E-state index >= 15 is 0 Å². The van der Waals surface area contributed by atoms with Crippen molar-refractivity contribution in [2.24, 2.45) is 0 Å². The van der Waals surface area contributed by atoms with Crippen LogP contribution >= 0.6 is 8.58 Å². The van der Waals surface area contributed by atoms with Gasteiger partial charge in [-0.3, -0.25) is 4.98 Å². The fraction of sp³-hybridized carbons (Fsp3) is 0.500. The summed E-state index contributed by atoms with van der Waals surface area (Å²) in [5.41, 5.74) is 1.35. The molecule has 0 fully saturated rings. The van der Waals surface area contributed by atoms with Crippen molar-refractivity contribution in [3.63, 3.8) is 0 Å². The Hall–Kier alpha value is -0.420. The number of hydrogen-bond donors (Lipinski definition) is 0. The molecule has 2 heteroatoms. The maximum atomic E-state index is 4.43. The molecule has 0 aliphatic carbocycles. The lowest BCUT2D eigenvalue weighted by atomic mass is 9.92. The van der Waals surface area contributed by atoms with Crippen LogP contribution < -0.4 is 5.30 Å². The van der Waals surface area contributed by atoms with Gasteiger partial charge in [-0.15, -0.1) is 0 Å². The molecule has 0 saturated heterocycles. The molecule has 0 bridgehead atoms. The fourth-order valence-electron chi connectivity index (χ4n) is 0.985. The Labute approximate surface area is 76.4 Å². The monoisotopic (exact) mass is 181 g/mol. The van der Waals surface area contributed by atoms with Crippen LogP contribution in [0.25, 0.3) is 0 Å². The molecule has 66 valence electrons. The van der Waals surface area contributed by atoms with E-state index in [1.165, 1.54) is 11.0 Å². The minimum atomic E-state index is 0.176. The lowest BCUT2D eigenvalue weighted by Gasteiger charge is -2.17. The number of pyridine rings is 1. The largest absolute Gasteiger partial charge is 0.260 e. The molecule has 1 atom stereocenters. The van der Waals surface area contributed by atoms with Gasteiger partial charge in [-0.1, -0.05) is 35.4 Å². The van der Waals surface area contributed by atoms with E-state index < -0.39 is 0 Å². The molecule has 0 spiro atoms. The Morgan fingerprint density at radius 1 is 1.25 bits per heavy atom. The Bertz CT molecular complexity index is 246. The van der Waals surface area contributed by atoms with E-state index in [2.05, 4.69) is 44.6 Å². The molecule has 0 aromatic carbocycles. The molecule has 0 radical (unpaired) electrons. The van der Waals surface area contributed by atoms with Crippen molar-refractivity contribution in [3.8, 4) is 0 Å². The average Bonchev–Trinajstić information content (AvgIpc) is 2.03. The first-order valence-corrected chi connectivity index (χ1v) is 5.68. The predicted octanol–water partition coefficient (Wildman–Crippen LogP) is 2.31. The Kier molecular flexibility index (Phi) is 2.85. The molecule has 12 heavy (non-hydrogen) atoms. The molecule has 1 heterocycles. The summed E-state index contributed by atoms with van der Waals surface area (Å²) in [5.74, 6) is 0. The lowest BCUT2D eigenvalue weighted by molar-refractivity contribution is 0.569. The molecule has 0 aliphatic heterocycles. The molecule has 1 unspecified atom stereocenters. The van der Waals surface area contributed by atoms with Crippen LogP contribution in [0.5, 0.6) is 0 Å². The molecule has 1 aromatic rings. The Morgan fingerprint density at radius 2 is 1.92 bits per heavy atom. The summed E-state index contributed by atoms with van der Waals surface area (Å²) in [6.45, 7) is 8.73. The standard InChI is InChI=1S/C10H16NP/c1-10(2,3)9-6-5-8(12-4)7-11-9/h5-7,12H,1-4H3. The Balaban J connectivity index is 2.93. The maximum absolute atomic E-state index is 4.43. The third-order valence-corrected chi connectivity index (χ3v) is 2.69. The summed E-state index contributed by atoms with van der Waals surface area (Å²) < 4.78 is 0. The number of nitrogens with zero attached hydrogens (tertiary/aromatic N) is 1. The average molecular weight is 181 g/mol. The van der Waals surface area contributed by atoms with Gasteiger partial charge in [0.25, 0.3) is 0 Å². The summed E-state index contributed by atoms with van der Waals surface area (Å²) >= 11 is 0. The van der Waals surface area contributed by atoms with E-state index in [1.807, 2.05) is 6.20 Å². The second kappa shape index (κ2) is 3.53. The zero-order chi connectivity index (χ0) is 9.19. The number of aromatic nitrogens is 1. The van der Waals surface area contributed by atoms with Crippen LogP contribution in [0.1, 0.15) is 26.5 Å². The number of rotatable bonds is 1. The van der Waals surface area contributed by atoms with E-state index in [4.69, 9.17) is 0 Å². The summed E-state index contributed by atoms with van der Waals surface area (Å²) in [6, 6.07) is 4.30. The van der Waals surface area contributed by atoms with Gasteiger partial charge in [-0.25, -0.2) is 0 Å². The van der Waals surface area contributed by atoms with Gasteiger partial charge in [-0.05, 0) is 18.0 Å². The van der Waals surface area contributed by atoms with Crippen molar-refractivity contribution in [2.75, 3.05) is 6.66 Å². The van der Waals surface area contributed by atoms with Gasteiger partial charge in [0.1, 0.15) is 0 Å². The van der Waals surface area contributed by atoms with Crippen LogP contribution in [0.4, 0.5) is 0 Å². The molecular formula is C10H16NP. The van der Waals surface area contributed by atoms with Crippen molar-refractivity contribution in [3.05, 3.63) is 24.0 Å². The molecule has 1 aromatic heterocycles.